The molecule has 4 heterocycles. The molecule has 0 bridgehead atoms. The summed E-state index contributed by atoms with van der Waals surface area (Å²) in [7, 11) is 5.14. The summed E-state index contributed by atoms with van der Waals surface area (Å²) >= 11 is 7.51. The highest BCUT2D eigenvalue weighted by Crippen LogP contribution is 2.25. The number of hydrogen-bond donors (Lipinski definition) is 3. The number of rotatable bonds is 9. The minimum atomic E-state index is -0.530. The molecule has 0 spiro atoms. The van der Waals surface area contributed by atoms with Gasteiger partial charge < -0.3 is 34.9 Å². The van der Waals surface area contributed by atoms with E-state index >= 15 is 0 Å². The highest BCUT2D eigenvalue weighted by molar-refractivity contribution is 7.13. The second-order valence-corrected chi connectivity index (χ2v) is 12.2. The molecule has 13 heteroatoms. The van der Waals surface area contributed by atoms with Crippen molar-refractivity contribution in [3.8, 4) is 0 Å². The fourth-order valence-corrected chi connectivity index (χ4v) is 6.72. The molecule has 41 heavy (non-hydrogen) atoms. The number of aromatic nitrogens is 2. The van der Waals surface area contributed by atoms with E-state index in [-0.39, 0.29) is 37.5 Å². The number of likely N-dealkylation sites (tertiary alicyclic amines) is 1. The lowest BCUT2D eigenvalue weighted by Gasteiger charge is -2.40. The number of ether oxygens (including phenoxy) is 2. The van der Waals surface area contributed by atoms with Crippen LogP contribution in [0.2, 0.25) is 5.02 Å². The summed E-state index contributed by atoms with van der Waals surface area (Å²) in [4.78, 5) is 52.8. The Balaban J connectivity index is 1.34. The number of thiazole rings is 1. The van der Waals surface area contributed by atoms with E-state index in [1.165, 1.54) is 11.3 Å². The Kier molecular flexibility index (Phi) is 9.25. The van der Waals surface area contributed by atoms with E-state index in [9.17, 15) is 14.4 Å². The predicted molar refractivity (Wildman–Crippen MR) is 156 cm³/mol. The zero-order chi connectivity index (χ0) is 29.1. The van der Waals surface area contributed by atoms with Gasteiger partial charge in [0.2, 0.25) is 5.91 Å². The first kappa shape index (κ1) is 29.5. The smallest absolute Gasteiger partial charge is 0.280 e. The number of nitrogens with one attached hydrogen (secondary N) is 3. The van der Waals surface area contributed by atoms with Gasteiger partial charge in [-0.05, 0) is 37.7 Å². The second-order valence-electron chi connectivity index (χ2n) is 10.6. The number of amides is 3. The molecule has 1 aromatic carbocycles. The summed E-state index contributed by atoms with van der Waals surface area (Å²) in [5.74, 6) is -1.19. The molecule has 3 N–H and O–H groups in total. The Bertz CT molecular complexity index is 1420. The highest BCUT2D eigenvalue weighted by atomic mass is 35.5. The summed E-state index contributed by atoms with van der Waals surface area (Å²) in [6.07, 6.45) is 1.26. The number of carbonyl (C=O) groups is 3. The minimum Gasteiger partial charge on any atom is -0.384 e. The molecule has 5 rings (SSSR count). The first-order valence-electron chi connectivity index (χ1n) is 13.6. The predicted octanol–water partition coefficient (Wildman–Crippen LogP) is 2.30. The number of H-pyrrole nitrogens is 1. The zero-order valence-corrected chi connectivity index (χ0v) is 24.9. The van der Waals surface area contributed by atoms with Crippen LogP contribution in [0.15, 0.2) is 24.3 Å². The number of fused-ring (bicyclic) bond motifs is 2. The van der Waals surface area contributed by atoms with Crippen molar-refractivity contribution >= 4 is 51.6 Å². The largest absolute Gasteiger partial charge is 0.384 e. The van der Waals surface area contributed by atoms with E-state index in [1.807, 2.05) is 13.1 Å². The number of carbonyl (C=O) groups excluding carboxylic acids is 3. The van der Waals surface area contributed by atoms with Crippen molar-refractivity contribution in [3.05, 3.63) is 50.6 Å². The molecule has 3 amide bonds. The number of nitrogens with zero attached hydrogens (tertiary/aromatic N) is 3. The van der Waals surface area contributed by atoms with E-state index in [2.05, 4.69) is 25.5 Å². The lowest BCUT2D eigenvalue weighted by Crippen LogP contribution is -2.62. The van der Waals surface area contributed by atoms with Crippen LogP contribution in [-0.4, -0.2) is 104 Å². The first-order chi connectivity index (χ1) is 19.7. The Hall–Kier alpha value is -3.03. The molecular weight excluding hydrogens is 568 g/mol. The Morgan fingerprint density at radius 1 is 1.12 bits per heavy atom. The van der Waals surface area contributed by atoms with Gasteiger partial charge in [-0.2, -0.15) is 0 Å². The van der Waals surface area contributed by atoms with Gasteiger partial charge in [-0.25, -0.2) is 4.98 Å². The number of aromatic amines is 1. The maximum absolute atomic E-state index is 13.4. The number of likely N-dealkylation sites (N-methyl/N-ethyl adjacent to an activating group) is 1. The molecule has 0 aliphatic carbocycles. The SMILES string of the molecule is COCC(COC)C(=O)N1CCC(NC(=O)c2cc3cc(Cl)ccc3[nH]2)C(NC(=O)c2nc3c(s2)CN(C)CC3)C1. The van der Waals surface area contributed by atoms with E-state index in [1.54, 1.807) is 37.3 Å². The molecule has 2 aliphatic heterocycles. The molecule has 2 aliphatic rings. The van der Waals surface area contributed by atoms with Gasteiger partial charge in [0.1, 0.15) is 5.69 Å². The van der Waals surface area contributed by atoms with E-state index in [0.717, 1.165) is 41.0 Å². The number of halogens is 1. The van der Waals surface area contributed by atoms with Crippen LogP contribution >= 0.6 is 22.9 Å². The van der Waals surface area contributed by atoms with Crippen LogP contribution in [0, 0.1) is 5.92 Å². The van der Waals surface area contributed by atoms with Crippen LogP contribution in [0.3, 0.4) is 0 Å². The lowest BCUT2D eigenvalue weighted by molar-refractivity contribution is -0.140. The number of benzene rings is 1. The fourth-order valence-electron chi connectivity index (χ4n) is 5.44. The third kappa shape index (κ3) is 6.73. The quantitative estimate of drug-likeness (QED) is 0.343. The van der Waals surface area contributed by atoms with Crippen LogP contribution in [0.1, 0.15) is 37.3 Å². The first-order valence-corrected chi connectivity index (χ1v) is 14.8. The Labute approximate surface area is 247 Å². The lowest BCUT2D eigenvalue weighted by atomic mass is 9.97. The van der Waals surface area contributed by atoms with Crippen molar-refractivity contribution in [2.75, 3.05) is 54.1 Å². The van der Waals surface area contributed by atoms with Gasteiger partial charge in [-0.15, -0.1) is 11.3 Å². The Morgan fingerprint density at radius 3 is 2.63 bits per heavy atom. The fraction of sp³-hybridized carbons (Fsp3) is 0.500. The minimum absolute atomic E-state index is 0.113. The van der Waals surface area contributed by atoms with Crippen molar-refractivity contribution in [1.82, 2.24) is 30.4 Å². The van der Waals surface area contributed by atoms with Gasteiger partial charge in [0.05, 0.1) is 36.9 Å². The Morgan fingerprint density at radius 2 is 1.88 bits per heavy atom. The monoisotopic (exact) mass is 602 g/mol. The van der Waals surface area contributed by atoms with Crippen LogP contribution < -0.4 is 10.6 Å². The normalized spacial score (nSPS) is 19.4. The number of hydrogen-bond acceptors (Lipinski definition) is 8. The van der Waals surface area contributed by atoms with Crippen molar-refractivity contribution in [2.45, 2.75) is 31.5 Å². The van der Waals surface area contributed by atoms with Crippen molar-refractivity contribution in [1.29, 1.82) is 0 Å². The zero-order valence-electron chi connectivity index (χ0n) is 23.4. The third-order valence-electron chi connectivity index (χ3n) is 7.59. The second kappa shape index (κ2) is 12.9. The van der Waals surface area contributed by atoms with Crippen molar-refractivity contribution in [3.63, 3.8) is 0 Å². The van der Waals surface area contributed by atoms with Gasteiger partial charge in [-0.1, -0.05) is 11.6 Å². The van der Waals surface area contributed by atoms with Gasteiger partial charge in [0.15, 0.2) is 5.01 Å². The molecule has 220 valence electrons. The summed E-state index contributed by atoms with van der Waals surface area (Å²) in [5, 5.41) is 7.96. The summed E-state index contributed by atoms with van der Waals surface area (Å²) in [6.45, 7) is 2.76. The molecule has 2 unspecified atom stereocenters. The standard InChI is InChI=1S/C28H35ClN6O5S/c1-34-8-6-21-24(13-34)41-27(33-21)26(37)32-23-12-35(28(38)17(14-39-2)15-40-3)9-7-20(23)31-25(36)22-11-16-10-18(29)4-5-19(16)30-22/h4-5,10-11,17,20,23,30H,6-9,12-15H2,1-3H3,(H,31,36)(H,32,37). The van der Waals surface area contributed by atoms with Crippen LogP contribution in [0.4, 0.5) is 0 Å². The molecule has 2 aromatic heterocycles. The number of methoxy groups -OCH3 is 2. The topological polar surface area (TPSA) is 129 Å². The van der Waals surface area contributed by atoms with E-state index in [4.69, 9.17) is 21.1 Å². The van der Waals surface area contributed by atoms with Gasteiger partial charge >= 0.3 is 0 Å². The van der Waals surface area contributed by atoms with E-state index < -0.39 is 18.0 Å². The molecule has 3 aromatic rings. The van der Waals surface area contributed by atoms with Crippen LogP contribution in [0.25, 0.3) is 10.9 Å². The molecule has 0 saturated carbocycles. The summed E-state index contributed by atoms with van der Waals surface area (Å²) < 4.78 is 10.5. The van der Waals surface area contributed by atoms with Crippen molar-refractivity contribution in [2.24, 2.45) is 5.92 Å². The number of piperidine rings is 1. The average Bonchev–Trinajstić information content (AvgIpc) is 3.57. The van der Waals surface area contributed by atoms with Crippen LogP contribution in [0.5, 0.6) is 0 Å². The van der Waals surface area contributed by atoms with Gasteiger partial charge in [0, 0.05) is 67.6 Å². The molecule has 11 nitrogen and oxygen atoms in total. The molecule has 1 saturated heterocycles. The summed E-state index contributed by atoms with van der Waals surface area (Å²) in [5.41, 5.74) is 2.15. The summed E-state index contributed by atoms with van der Waals surface area (Å²) in [6, 6.07) is 6.18. The average molecular weight is 603 g/mol. The van der Waals surface area contributed by atoms with Gasteiger partial charge in [0.25, 0.3) is 11.8 Å². The van der Waals surface area contributed by atoms with E-state index in [0.29, 0.717) is 28.7 Å². The maximum atomic E-state index is 13.4. The highest BCUT2D eigenvalue weighted by Gasteiger charge is 2.37. The van der Waals surface area contributed by atoms with Gasteiger partial charge in [-0.3, -0.25) is 14.4 Å². The molecular formula is C28H35ClN6O5S. The molecule has 2 atom stereocenters. The maximum Gasteiger partial charge on any atom is 0.280 e. The van der Waals surface area contributed by atoms with Crippen LogP contribution in [-0.2, 0) is 27.2 Å². The van der Waals surface area contributed by atoms with Crippen molar-refractivity contribution < 1.29 is 23.9 Å². The molecule has 0 radical (unpaired) electrons. The molecule has 1 fully saturated rings. The third-order valence-corrected chi connectivity index (χ3v) is 8.90.